The Labute approximate surface area is 168 Å². The molecule has 7 nitrogen and oxygen atoms in total. The van der Waals surface area contributed by atoms with Crippen molar-refractivity contribution in [2.45, 2.75) is 6.42 Å². The van der Waals surface area contributed by atoms with E-state index >= 15 is 0 Å². The van der Waals surface area contributed by atoms with Crippen molar-refractivity contribution in [2.24, 2.45) is 0 Å². The highest BCUT2D eigenvalue weighted by atomic mass is 32.1. The number of hydrogen-bond acceptors (Lipinski definition) is 6. The van der Waals surface area contributed by atoms with Crippen molar-refractivity contribution in [1.29, 1.82) is 0 Å². The number of carbonyl (C=O) groups excluding carboxylic acids is 2. The van der Waals surface area contributed by atoms with Gasteiger partial charge in [0, 0.05) is 49.6 Å². The number of pyridine rings is 1. The highest BCUT2D eigenvalue weighted by molar-refractivity contribution is 7.21. The third-order valence-electron chi connectivity index (χ3n) is 4.93. The van der Waals surface area contributed by atoms with Gasteiger partial charge in [-0.15, -0.1) is 22.7 Å². The number of rotatable bonds is 3. The first-order valence-electron chi connectivity index (χ1n) is 9.01. The maximum absolute atomic E-state index is 12.9. The fourth-order valence-corrected chi connectivity index (χ4v) is 5.21. The molecular formula is C19H17N5O2S2. The van der Waals surface area contributed by atoms with E-state index < -0.39 is 0 Å². The second kappa shape index (κ2) is 6.99. The molecule has 0 aromatic carbocycles. The van der Waals surface area contributed by atoms with E-state index in [0.29, 0.717) is 37.5 Å². The fourth-order valence-electron chi connectivity index (χ4n) is 3.44. The Morgan fingerprint density at radius 2 is 1.93 bits per heavy atom. The van der Waals surface area contributed by atoms with Crippen LogP contribution in [0.4, 0.5) is 0 Å². The Hall–Kier alpha value is -2.78. The summed E-state index contributed by atoms with van der Waals surface area (Å²) in [5.41, 5.74) is 1.75. The number of piperazine rings is 1. The second-order valence-corrected chi connectivity index (χ2v) is 8.54. The zero-order valence-corrected chi connectivity index (χ0v) is 16.6. The molecule has 0 radical (unpaired) electrons. The van der Waals surface area contributed by atoms with Crippen LogP contribution in [-0.4, -0.2) is 62.2 Å². The van der Waals surface area contributed by atoms with Crippen molar-refractivity contribution >= 4 is 49.8 Å². The molecule has 5 heterocycles. The molecule has 28 heavy (non-hydrogen) atoms. The van der Waals surface area contributed by atoms with Gasteiger partial charge in [0.15, 0.2) is 4.96 Å². The first kappa shape index (κ1) is 17.3. The maximum Gasteiger partial charge on any atom is 0.264 e. The molecule has 142 valence electrons. The van der Waals surface area contributed by atoms with E-state index in [4.69, 9.17) is 0 Å². The van der Waals surface area contributed by atoms with Gasteiger partial charge in [-0.05, 0) is 18.2 Å². The second-order valence-electron chi connectivity index (χ2n) is 6.64. The third kappa shape index (κ3) is 3.06. The predicted octanol–water partition coefficient (Wildman–Crippen LogP) is 2.53. The highest BCUT2D eigenvalue weighted by Crippen LogP contribution is 2.29. The molecule has 0 N–H and O–H groups in total. The Morgan fingerprint density at radius 1 is 1.11 bits per heavy atom. The van der Waals surface area contributed by atoms with Gasteiger partial charge in [-0.2, -0.15) is 0 Å². The van der Waals surface area contributed by atoms with E-state index in [0.717, 1.165) is 21.0 Å². The number of carbonyl (C=O) groups is 2. The number of hydrogen-bond donors (Lipinski definition) is 0. The molecule has 2 amide bonds. The minimum atomic E-state index is 0.0174. The highest BCUT2D eigenvalue weighted by Gasteiger charge is 2.26. The van der Waals surface area contributed by atoms with Crippen LogP contribution < -0.4 is 0 Å². The van der Waals surface area contributed by atoms with Crippen LogP contribution in [0, 0.1) is 0 Å². The summed E-state index contributed by atoms with van der Waals surface area (Å²) in [5.74, 6) is 0.0740. The van der Waals surface area contributed by atoms with Crippen LogP contribution in [0.2, 0.25) is 0 Å². The average molecular weight is 412 g/mol. The smallest absolute Gasteiger partial charge is 0.264 e. The third-order valence-corrected chi connectivity index (χ3v) is 6.69. The van der Waals surface area contributed by atoms with Crippen molar-refractivity contribution in [3.8, 4) is 0 Å². The minimum absolute atomic E-state index is 0.0174. The number of amides is 2. The van der Waals surface area contributed by atoms with E-state index in [-0.39, 0.29) is 11.8 Å². The Balaban J connectivity index is 1.24. The number of nitrogens with zero attached hydrogens (tertiary/aromatic N) is 5. The van der Waals surface area contributed by atoms with E-state index in [1.165, 1.54) is 11.3 Å². The van der Waals surface area contributed by atoms with Crippen molar-refractivity contribution < 1.29 is 9.59 Å². The van der Waals surface area contributed by atoms with Crippen LogP contribution >= 0.6 is 22.7 Å². The molecule has 4 aromatic rings. The molecule has 1 fully saturated rings. The van der Waals surface area contributed by atoms with Gasteiger partial charge in [0.25, 0.3) is 5.91 Å². The molecular weight excluding hydrogens is 394 g/mol. The quantitative estimate of drug-likeness (QED) is 0.519. The van der Waals surface area contributed by atoms with Crippen LogP contribution in [0.5, 0.6) is 0 Å². The molecule has 0 bridgehead atoms. The van der Waals surface area contributed by atoms with Crippen molar-refractivity contribution in [3.05, 3.63) is 52.6 Å². The molecule has 9 heteroatoms. The predicted molar refractivity (Wildman–Crippen MR) is 109 cm³/mol. The van der Waals surface area contributed by atoms with Gasteiger partial charge >= 0.3 is 0 Å². The van der Waals surface area contributed by atoms with Gasteiger partial charge in [0.2, 0.25) is 5.91 Å². The Bertz CT molecular complexity index is 1160. The Morgan fingerprint density at radius 3 is 2.71 bits per heavy atom. The van der Waals surface area contributed by atoms with Gasteiger partial charge < -0.3 is 9.80 Å². The van der Waals surface area contributed by atoms with Gasteiger partial charge in [-0.3, -0.25) is 19.0 Å². The number of imidazole rings is 1. The molecule has 0 spiro atoms. The van der Waals surface area contributed by atoms with Gasteiger partial charge in [0.05, 0.1) is 16.8 Å². The number of aromatic nitrogens is 3. The van der Waals surface area contributed by atoms with Crippen molar-refractivity contribution in [1.82, 2.24) is 24.2 Å². The molecule has 0 saturated carbocycles. The van der Waals surface area contributed by atoms with Crippen LogP contribution in [-0.2, 0) is 11.2 Å². The lowest BCUT2D eigenvalue weighted by molar-refractivity contribution is -0.132. The summed E-state index contributed by atoms with van der Waals surface area (Å²) < 4.78 is 2.02. The van der Waals surface area contributed by atoms with Crippen molar-refractivity contribution in [2.75, 3.05) is 26.2 Å². The largest absolute Gasteiger partial charge is 0.339 e. The van der Waals surface area contributed by atoms with Crippen molar-refractivity contribution in [3.63, 3.8) is 0 Å². The first-order chi connectivity index (χ1) is 13.7. The molecule has 1 saturated heterocycles. The fraction of sp³-hybridized carbons (Fsp3) is 0.263. The summed E-state index contributed by atoms with van der Waals surface area (Å²) in [6, 6.07) is 7.50. The molecule has 1 aliphatic rings. The van der Waals surface area contributed by atoms with Crippen LogP contribution in [0.1, 0.15) is 15.4 Å². The molecule has 0 unspecified atom stereocenters. The maximum atomic E-state index is 12.9. The van der Waals surface area contributed by atoms with E-state index in [2.05, 4.69) is 9.97 Å². The minimum Gasteiger partial charge on any atom is -0.339 e. The first-order valence-corrected chi connectivity index (χ1v) is 10.7. The Kier molecular flexibility index (Phi) is 4.33. The SMILES string of the molecule is O=C(Cc1ccccn1)N1CCN(C(=O)c2cc3c(nc4sccn43)s2)CC1. The van der Waals surface area contributed by atoms with Gasteiger partial charge in [-0.25, -0.2) is 4.98 Å². The standard InChI is InChI=1S/C19H17N5O2S2/c25-16(11-13-3-1-2-4-20-13)22-5-7-23(8-6-22)18(26)15-12-14-17(28-15)21-19-24(14)9-10-27-19/h1-4,9-10,12H,5-8,11H2. The molecule has 5 rings (SSSR count). The molecule has 0 atom stereocenters. The lowest BCUT2D eigenvalue weighted by atomic mass is 10.2. The van der Waals surface area contributed by atoms with Gasteiger partial charge in [0.1, 0.15) is 4.83 Å². The topological polar surface area (TPSA) is 70.8 Å². The van der Waals surface area contributed by atoms with Crippen LogP contribution in [0.25, 0.3) is 15.3 Å². The summed E-state index contributed by atoms with van der Waals surface area (Å²) in [4.78, 5) is 40.3. The molecule has 0 aliphatic carbocycles. The van der Waals surface area contributed by atoms with E-state index in [1.807, 2.05) is 50.0 Å². The lowest BCUT2D eigenvalue weighted by Crippen LogP contribution is -2.50. The van der Waals surface area contributed by atoms with Crippen LogP contribution in [0.15, 0.2) is 42.0 Å². The summed E-state index contributed by atoms with van der Waals surface area (Å²) >= 11 is 3.02. The van der Waals surface area contributed by atoms with E-state index in [9.17, 15) is 9.59 Å². The number of thiazole rings is 1. The normalized spacial score (nSPS) is 14.9. The average Bonchev–Trinajstić information content (AvgIpc) is 3.41. The number of fused-ring (bicyclic) bond motifs is 3. The summed E-state index contributed by atoms with van der Waals surface area (Å²) in [7, 11) is 0. The summed E-state index contributed by atoms with van der Waals surface area (Å²) in [6.45, 7) is 2.19. The zero-order valence-electron chi connectivity index (χ0n) is 14.9. The summed E-state index contributed by atoms with van der Waals surface area (Å²) in [5, 5.41) is 1.99. The zero-order chi connectivity index (χ0) is 19.1. The van der Waals surface area contributed by atoms with Crippen LogP contribution in [0.3, 0.4) is 0 Å². The molecule has 1 aliphatic heterocycles. The van der Waals surface area contributed by atoms with Gasteiger partial charge in [-0.1, -0.05) is 6.07 Å². The monoisotopic (exact) mass is 411 g/mol. The van der Waals surface area contributed by atoms with E-state index in [1.54, 1.807) is 17.5 Å². The summed E-state index contributed by atoms with van der Waals surface area (Å²) in [6.07, 6.45) is 3.97. The lowest BCUT2D eigenvalue weighted by Gasteiger charge is -2.34. The molecule has 4 aromatic heterocycles. The number of thiophene rings is 1.